The fraction of sp³-hybridized carbons (Fsp3) is 0.526. The van der Waals surface area contributed by atoms with Crippen LogP contribution >= 0.6 is 12.4 Å². The van der Waals surface area contributed by atoms with E-state index in [0.717, 1.165) is 12.8 Å². The van der Waals surface area contributed by atoms with Crippen LogP contribution in [-0.2, 0) is 6.54 Å². The van der Waals surface area contributed by atoms with Crippen molar-refractivity contribution >= 4 is 29.1 Å². The van der Waals surface area contributed by atoms with Crippen LogP contribution in [0.25, 0.3) is 10.8 Å². The zero-order valence-electron chi connectivity index (χ0n) is 15.5. The van der Waals surface area contributed by atoms with Gasteiger partial charge < -0.3 is 11.1 Å². The third kappa shape index (κ3) is 3.91. The van der Waals surface area contributed by atoms with Gasteiger partial charge in [-0.15, -0.1) is 12.4 Å². The van der Waals surface area contributed by atoms with Crippen LogP contribution in [0.4, 0.5) is 0 Å². The molecule has 0 aliphatic heterocycles. The van der Waals surface area contributed by atoms with Crippen LogP contribution in [0.2, 0.25) is 0 Å². The Labute approximate surface area is 159 Å². The molecule has 7 heteroatoms. The fourth-order valence-electron chi connectivity index (χ4n) is 3.23. The molecule has 6 nitrogen and oxygen atoms in total. The van der Waals surface area contributed by atoms with E-state index in [-0.39, 0.29) is 35.5 Å². The molecular formula is C19H27ClN4O2. The number of carbonyl (C=O) groups is 1. The normalized spacial score (nSPS) is 16.2. The lowest BCUT2D eigenvalue weighted by Crippen LogP contribution is -2.53. The summed E-state index contributed by atoms with van der Waals surface area (Å²) in [5, 5.41) is 8.56. The average Bonchev–Trinajstić information content (AvgIpc) is 3.42. The first kappa shape index (κ1) is 20.4. The van der Waals surface area contributed by atoms with Gasteiger partial charge in [0.05, 0.1) is 10.9 Å². The third-order valence-electron chi connectivity index (χ3n) is 4.92. The molecule has 0 saturated heterocycles. The van der Waals surface area contributed by atoms with Crippen LogP contribution < -0.4 is 16.6 Å². The molecule has 1 aromatic carbocycles. The van der Waals surface area contributed by atoms with E-state index < -0.39 is 5.54 Å². The summed E-state index contributed by atoms with van der Waals surface area (Å²) in [6.07, 6.45) is 2.16. The van der Waals surface area contributed by atoms with Gasteiger partial charge in [-0.1, -0.05) is 32.0 Å². The monoisotopic (exact) mass is 378 g/mol. The number of carbonyl (C=O) groups excluding carboxylic acids is 1. The van der Waals surface area contributed by atoms with Crippen molar-refractivity contribution in [2.75, 3.05) is 6.54 Å². The van der Waals surface area contributed by atoms with E-state index in [1.165, 1.54) is 4.68 Å². The Bertz CT molecular complexity index is 860. The highest BCUT2D eigenvalue weighted by Gasteiger charge is 2.42. The summed E-state index contributed by atoms with van der Waals surface area (Å²) in [7, 11) is 0. The Morgan fingerprint density at radius 1 is 1.35 bits per heavy atom. The van der Waals surface area contributed by atoms with Crippen LogP contribution in [-0.4, -0.2) is 27.8 Å². The molecule has 142 valence electrons. The Morgan fingerprint density at radius 2 is 1.96 bits per heavy atom. The number of benzene rings is 1. The highest BCUT2D eigenvalue weighted by Crippen LogP contribution is 2.39. The maximum atomic E-state index is 13.0. The largest absolute Gasteiger partial charge is 0.344 e. The quantitative estimate of drug-likeness (QED) is 0.807. The summed E-state index contributed by atoms with van der Waals surface area (Å²) in [6, 6.07) is 7.14. The number of nitrogens with one attached hydrogen (secondary N) is 1. The summed E-state index contributed by atoms with van der Waals surface area (Å²) >= 11 is 0. The first-order valence-electron chi connectivity index (χ1n) is 8.88. The average molecular weight is 379 g/mol. The molecule has 1 aliphatic carbocycles. The maximum Gasteiger partial charge on any atom is 0.274 e. The minimum Gasteiger partial charge on any atom is -0.344 e. The number of fused-ring (bicyclic) bond motifs is 1. The Kier molecular flexibility index (Phi) is 6.09. The molecule has 1 saturated carbocycles. The van der Waals surface area contributed by atoms with Crippen molar-refractivity contribution in [1.82, 2.24) is 15.1 Å². The predicted octanol–water partition coefficient (Wildman–Crippen LogP) is 2.33. The summed E-state index contributed by atoms with van der Waals surface area (Å²) in [6.45, 7) is 6.87. The Hall–Kier alpha value is -1.92. The van der Waals surface area contributed by atoms with E-state index in [2.05, 4.69) is 10.4 Å². The van der Waals surface area contributed by atoms with Crippen LogP contribution in [0, 0.1) is 11.8 Å². The van der Waals surface area contributed by atoms with Crippen molar-refractivity contribution in [3.8, 4) is 0 Å². The molecule has 0 radical (unpaired) electrons. The fourth-order valence-corrected chi connectivity index (χ4v) is 3.23. The topological polar surface area (TPSA) is 90.0 Å². The highest BCUT2D eigenvalue weighted by molar-refractivity contribution is 6.05. The van der Waals surface area contributed by atoms with Crippen LogP contribution in [0.1, 0.15) is 44.1 Å². The number of amides is 1. The van der Waals surface area contributed by atoms with Crippen molar-refractivity contribution in [1.29, 1.82) is 0 Å². The zero-order chi connectivity index (χ0) is 18.2. The van der Waals surface area contributed by atoms with Gasteiger partial charge >= 0.3 is 0 Å². The molecule has 1 amide bonds. The number of rotatable bonds is 6. The molecule has 26 heavy (non-hydrogen) atoms. The molecular weight excluding hydrogens is 352 g/mol. The lowest BCUT2D eigenvalue weighted by atomic mass is 9.95. The summed E-state index contributed by atoms with van der Waals surface area (Å²) in [5.74, 6) is 0.394. The Balaban J connectivity index is 0.00000243. The van der Waals surface area contributed by atoms with E-state index in [0.29, 0.717) is 29.8 Å². The van der Waals surface area contributed by atoms with Gasteiger partial charge in [0.2, 0.25) is 0 Å². The van der Waals surface area contributed by atoms with Gasteiger partial charge in [0.15, 0.2) is 5.69 Å². The van der Waals surface area contributed by atoms with Crippen LogP contribution in [0.3, 0.4) is 0 Å². The van der Waals surface area contributed by atoms with Crippen molar-refractivity contribution in [3.63, 3.8) is 0 Å². The first-order valence-corrected chi connectivity index (χ1v) is 8.88. The van der Waals surface area contributed by atoms with Gasteiger partial charge in [-0.25, -0.2) is 4.68 Å². The highest BCUT2D eigenvalue weighted by atomic mass is 35.5. The predicted molar refractivity (Wildman–Crippen MR) is 106 cm³/mol. The summed E-state index contributed by atoms with van der Waals surface area (Å²) in [5.41, 5.74) is 5.61. The Morgan fingerprint density at radius 3 is 2.50 bits per heavy atom. The zero-order valence-corrected chi connectivity index (χ0v) is 16.3. The van der Waals surface area contributed by atoms with Crippen molar-refractivity contribution in [2.24, 2.45) is 17.6 Å². The minimum atomic E-state index is -0.432. The van der Waals surface area contributed by atoms with Crippen molar-refractivity contribution in [2.45, 2.75) is 45.7 Å². The van der Waals surface area contributed by atoms with E-state index in [1.54, 1.807) is 18.2 Å². The molecule has 1 unspecified atom stereocenters. The van der Waals surface area contributed by atoms with E-state index in [4.69, 9.17) is 5.73 Å². The van der Waals surface area contributed by atoms with E-state index in [1.807, 2.05) is 26.8 Å². The third-order valence-corrected chi connectivity index (χ3v) is 4.92. The van der Waals surface area contributed by atoms with Gasteiger partial charge in [-0.05, 0) is 37.7 Å². The molecule has 1 atom stereocenters. The lowest BCUT2D eigenvalue weighted by molar-refractivity contribution is 0.0892. The van der Waals surface area contributed by atoms with E-state index >= 15 is 0 Å². The number of nitrogens with zero attached hydrogens (tertiary/aromatic N) is 2. The van der Waals surface area contributed by atoms with Gasteiger partial charge in [-0.2, -0.15) is 5.10 Å². The molecule has 1 fully saturated rings. The number of nitrogens with two attached hydrogens (primary N) is 1. The smallest absolute Gasteiger partial charge is 0.274 e. The summed E-state index contributed by atoms with van der Waals surface area (Å²) < 4.78 is 1.40. The number of hydrogen-bond donors (Lipinski definition) is 2. The number of aromatic nitrogens is 2. The van der Waals surface area contributed by atoms with Crippen molar-refractivity contribution in [3.05, 3.63) is 40.3 Å². The lowest BCUT2D eigenvalue weighted by Gasteiger charge is -2.29. The molecule has 0 spiro atoms. The minimum absolute atomic E-state index is 0. The second-order valence-electron chi connectivity index (χ2n) is 7.63. The molecule has 0 bridgehead atoms. The summed E-state index contributed by atoms with van der Waals surface area (Å²) in [4.78, 5) is 25.6. The van der Waals surface area contributed by atoms with Gasteiger partial charge in [0.1, 0.15) is 0 Å². The molecule has 3 rings (SSSR count). The number of halogens is 1. The number of hydrogen-bond acceptors (Lipinski definition) is 4. The first-order chi connectivity index (χ1) is 11.9. The maximum absolute atomic E-state index is 13.0. The second-order valence-corrected chi connectivity index (χ2v) is 7.63. The SMILES string of the molecule is CC(C)Cn1nc(C(=O)NC(C)(CN)C2CC2)c2ccccc2c1=O.Cl. The standard InChI is InChI=1S/C19H26N4O2.ClH/c1-12(2)10-23-18(25)15-7-5-4-6-14(15)16(22-23)17(24)21-19(3,11-20)13-8-9-13;/h4-7,12-13H,8-11,20H2,1-3H3,(H,21,24);1H. The molecule has 1 heterocycles. The molecule has 1 aliphatic rings. The molecule has 3 N–H and O–H groups in total. The van der Waals surface area contributed by atoms with Gasteiger partial charge in [0.25, 0.3) is 11.5 Å². The van der Waals surface area contributed by atoms with E-state index in [9.17, 15) is 9.59 Å². The van der Waals surface area contributed by atoms with Gasteiger partial charge in [0, 0.05) is 18.5 Å². The van der Waals surface area contributed by atoms with Crippen molar-refractivity contribution < 1.29 is 4.79 Å². The van der Waals surface area contributed by atoms with Crippen LogP contribution in [0.15, 0.2) is 29.1 Å². The molecule has 2 aromatic rings. The van der Waals surface area contributed by atoms with Gasteiger partial charge in [-0.3, -0.25) is 9.59 Å². The van der Waals surface area contributed by atoms with Crippen LogP contribution in [0.5, 0.6) is 0 Å². The second kappa shape index (κ2) is 7.76. The molecule has 1 aromatic heterocycles.